The van der Waals surface area contributed by atoms with E-state index in [-0.39, 0.29) is 0 Å². The second-order valence-corrected chi connectivity index (χ2v) is 4.76. The normalized spacial score (nSPS) is 11.1. The van der Waals surface area contributed by atoms with Crippen molar-refractivity contribution in [3.63, 3.8) is 0 Å². The largest absolute Gasteiger partial charge is 0.383 e. The van der Waals surface area contributed by atoms with Gasteiger partial charge in [-0.15, -0.1) is 0 Å². The molecule has 0 amide bonds. The van der Waals surface area contributed by atoms with Gasteiger partial charge in [0.1, 0.15) is 0 Å². The highest BCUT2D eigenvalue weighted by Gasteiger charge is 2.06. The van der Waals surface area contributed by atoms with Crippen LogP contribution in [0.15, 0.2) is 24.3 Å². The highest BCUT2D eigenvalue weighted by atomic mass is 16.5. The number of nitrogens with zero attached hydrogens (tertiary/aromatic N) is 1. The lowest BCUT2D eigenvalue weighted by atomic mass is 10.0. The molecule has 0 atom stereocenters. The third-order valence-electron chi connectivity index (χ3n) is 3.32. The van der Waals surface area contributed by atoms with Crippen molar-refractivity contribution >= 4 is 10.9 Å². The van der Waals surface area contributed by atoms with Gasteiger partial charge in [-0.2, -0.15) is 0 Å². The van der Waals surface area contributed by atoms with Crippen LogP contribution in [-0.2, 0) is 17.7 Å². The van der Waals surface area contributed by atoms with Gasteiger partial charge in [0.2, 0.25) is 0 Å². The topological polar surface area (TPSA) is 34.1 Å². The molecule has 3 nitrogen and oxygen atoms in total. The molecule has 1 heterocycles. The van der Waals surface area contributed by atoms with Gasteiger partial charge >= 0.3 is 0 Å². The molecule has 0 bridgehead atoms. The SMILES string of the molecule is CCc1cccc2c(CNCCOC)cc(C)nc12. The van der Waals surface area contributed by atoms with E-state index < -0.39 is 0 Å². The van der Waals surface area contributed by atoms with Crippen molar-refractivity contribution in [1.29, 1.82) is 0 Å². The van der Waals surface area contributed by atoms with Crippen LogP contribution in [0.5, 0.6) is 0 Å². The molecule has 0 aliphatic carbocycles. The van der Waals surface area contributed by atoms with Crippen molar-refractivity contribution < 1.29 is 4.74 Å². The van der Waals surface area contributed by atoms with Gasteiger partial charge in [0.15, 0.2) is 0 Å². The maximum absolute atomic E-state index is 5.05. The molecule has 0 fully saturated rings. The van der Waals surface area contributed by atoms with Crippen molar-refractivity contribution in [2.45, 2.75) is 26.8 Å². The minimum absolute atomic E-state index is 0.738. The highest BCUT2D eigenvalue weighted by Crippen LogP contribution is 2.22. The summed E-state index contributed by atoms with van der Waals surface area (Å²) in [5, 5.41) is 4.67. The summed E-state index contributed by atoms with van der Waals surface area (Å²) in [5.74, 6) is 0. The lowest BCUT2D eigenvalue weighted by molar-refractivity contribution is 0.199. The van der Waals surface area contributed by atoms with Crippen LogP contribution in [0.4, 0.5) is 0 Å². The molecule has 0 unspecified atom stereocenters. The van der Waals surface area contributed by atoms with Crippen LogP contribution in [-0.4, -0.2) is 25.2 Å². The summed E-state index contributed by atoms with van der Waals surface area (Å²) in [4.78, 5) is 4.70. The van der Waals surface area contributed by atoms with Crippen LogP contribution in [0, 0.1) is 6.92 Å². The number of aryl methyl sites for hydroxylation is 2. The first-order valence-corrected chi connectivity index (χ1v) is 6.84. The van der Waals surface area contributed by atoms with Crippen LogP contribution in [0.2, 0.25) is 0 Å². The summed E-state index contributed by atoms with van der Waals surface area (Å²) in [6.45, 7) is 6.70. The van der Waals surface area contributed by atoms with Gasteiger partial charge in [-0.3, -0.25) is 4.98 Å². The summed E-state index contributed by atoms with van der Waals surface area (Å²) >= 11 is 0. The van der Waals surface area contributed by atoms with E-state index in [0.29, 0.717) is 0 Å². The fraction of sp³-hybridized carbons (Fsp3) is 0.438. The molecule has 0 aliphatic rings. The van der Waals surface area contributed by atoms with E-state index in [4.69, 9.17) is 9.72 Å². The summed E-state index contributed by atoms with van der Waals surface area (Å²) < 4.78 is 5.05. The number of ether oxygens (including phenoxy) is 1. The number of nitrogens with one attached hydrogen (secondary N) is 1. The average Bonchev–Trinajstić information content (AvgIpc) is 2.42. The number of methoxy groups -OCH3 is 1. The Morgan fingerprint density at radius 2 is 2.11 bits per heavy atom. The molecule has 0 aliphatic heterocycles. The number of hydrogen-bond donors (Lipinski definition) is 1. The van der Waals surface area contributed by atoms with Crippen LogP contribution < -0.4 is 5.32 Å². The van der Waals surface area contributed by atoms with Crippen molar-refractivity contribution in [1.82, 2.24) is 10.3 Å². The van der Waals surface area contributed by atoms with Crippen LogP contribution in [0.25, 0.3) is 10.9 Å². The standard InChI is InChI=1S/C16H22N2O/c1-4-13-6-5-7-15-14(11-17-8-9-19-3)10-12(2)18-16(13)15/h5-7,10,17H,4,8-9,11H2,1-3H3. The van der Waals surface area contributed by atoms with Gasteiger partial charge in [0.25, 0.3) is 0 Å². The van der Waals surface area contributed by atoms with Gasteiger partial charge in [-0.25, -0.2) is 0 Å². The molecule has 19 heavy (non-hydrogen) atoms. The molecule has 3 heteroatoms. The molecule has 0 saturated carbocycles. The first-order chi connectivity index (χ1) is 9.26. The van der Waals surface area contributed by atoms with E-state index in [0.717, 1.165) is 37.3 Å². The Balaban J connectivity index is 2.32. The summed E-state index contributed by atoms with van der Waals surface area (Å²) in [7, 11) is 1.72. The van der Waals surface area contributed by atoms with E-state index in [1.165, 1.54) is 16.5 Å². The fourth-order valence-electron chi connectivity index (χ4n) is 2.35. The smallest absolute Gasteiger partial charge is 0.0740 e. The second kappa shape index (κ2) is 6.64. The molecule has 1 N–H and O–H groups in total. The Morgan fingerprint density at radius 1 is 1.26 bits per heavy atom. The average molecular weight is 258 g/mol. The molecule has 2 rings (SSSR count). The number of pyridine rings is 1. The van der Waals surface area contributed by atoms with E-state index in [1.54, 1.807) is 7.11 Å². The van der Waals surface area contributed by atoms with Crippen molar-refractivity contribution in [2.75, 3.05) is 20.3 Å². The predicted molar refractivity (Wildman–Crippen MR) is 79.4 cm³/mol. The van der Waals surface area contributed by atoms with Crippen molar-refractivity contribution in [3.05, 3.63) is 41.1 Å². The minimum Gasteiger partial charge on any atom is -0.383 e. The van der Waals surface area contributed by atoms with Crippen LogP contribution in [0.1, 0.15) is 23.7 Å². The van der Waals surface area contributed by atoms with Gasteiger partial charge in [0, 0.05) is 31.3 Å². The molecular formula is C16H22N2O. The maximum Gasteiger partial charge on any atom is 0.0740 e. The lowest BCUT2D eigenvalue weighted by Gasteiger charge is -2.11. The fourth-order valence-corrected chi connectivity index (χ4v) is 2.35. The summed E-state index contributed by atoms with van der Waals surface area (Å²) in [5.41, 5.74) is 4.86. The molecule has 0 spiro atoms. The highest BCUT2D eigenvalue weighted by molar-refractivity contribution is 5.85. The number of para-hydroxylation sites is 1. The zero-order valence-corrected chi connectivity index (χ0v) is 12.0. The molecule has 1 aromatic carbocycles. The number of rotatable bonds is 6. The third-order valence-corrected chi connectivity index (χ3v) is 3.32. The number of fused-ring (bicyclic) bond motifs is 1. The Bertz CT molecular complexity index is 552. The van der Waals surface area contributed by atoms with Crippen LogP contribution >= 0.6 is 0 Å². The first kappa shape index (κ1) is 14.0. The van der Waals surface area contributed by atoms with E-state index in [1.807, 2.05) is 0 Å². The summed E-state index contributed by atoms with van der Waals surface area (Å²) in [6, 6.07) is 8.61. The van der Waals surface area contributed by atoms with E-state index in [2.05, 4.69) is 43.4 Å². The van der Waals surface area contributed by atoms with Gasteiger partial charge in [-0.05, 0) is 30.5 Å². The maximum atomic E-state index is 5.05. The third kappa shape index (κ3) is 3.31. The van der Waals surface area contributed by atoms with E-state index >= 15 is 0 Å². The Labute approximate surface area is 115 Å². The van der Waals surface area contributed by atoms with Gasteiger partial charge in [-0.1, -0.05) is 25.1 Å². The summed E-state index contributed by atoms with van der Waals surface area (Å²) in [6.07, 6.45) is 1.02. The van der Waals surface area contributed by atoms with Crippen molar-refractivity contribution in [3.8, 4) is 0 Å². The monoisotopic (exact) mass is 258 g/mol. The van der Waals surface area contributed by atoms with Gasteiger partial charge in [0.05, 0.1) is 12.1 Å². The molecule has 2 aromatic rings. The molecule has 0 radical (unpaired) electrons. The van der Waals surface area contributed by atoms with Gasteiger partial charge < -0.3 is 10.1 Å². The predicted octanol–water partition coefficient (Wildman–Crippen LogP) is 2.84. The van der Waals surface area contributed by atoms with Crippen LogP contribution in [0.3, 0.4) is 0 Å². The molecular weight excluding hydrogens is 236 g/mol. The number of hydrogen-bond acceptors (Lipinski definition) is 3. The molecule has 0 saturated heterocycles. The second-order valence-electron chi connectivity index (χ2n) is 4.76. The van der Waals surface area contributed by atoms with E-state index in [9.17, 15) is 0 Å². The minimum atomic E-state index is 0.738. The quantitative estimate of drug-likeness (QED) is 0.809. The zero-order valence-electron chi connectivity index (χ0n) is 12.0. The molecule has 102 valence electrons. The zero-order chi connectivity index (χ0) is 13.7. The Kier molecular flexibility index (Phi) is 4.88. The van der Waals surface area contributed by atoms with Crippen molar-refractivity contribution in [2.24, 2.45) is 0 Å². The number of aromatic nitrogens is 1. The lowest BCUT2D eigenvalue weighted by Crippen LogP contribution is -2.19. The Morgan fingerprint density at radius 3 is 2.84 bits per heavy atom. The Hall–Kier alpha value is -1.45. The molecule has 1 aromatic heterocycles. The number of benzene rings is 1. The first-order valence-electron chi connectivity index (χ1n) is 6.84.